The Hall–Kier alpha value is -0.300. The molecule has 1 heteroatoms. The van der Waals surface area contributed by atoms with Crippen molar-refractivity contribution in [3.63, 3.8) is 0 Å². The molecule has 1 nitrogen and oxygen atoms in total. The summed E-state index contributed by atoms with van der Waals surface area (Å²) in [5.74, 6) is 0. The molecule has 96 valence electrons. The number of nitrogens with one attached hydrogen (secondary N) is 1. The van der Waals surface area contributed by atoms with Gasteiger partial charge in [-0.3, -0.25) is 0 Å². The monoisotopic (exact) mass is 225 g/mol. The standard InChI is InChI=1S/C15H31N/c1-4-5-6-7-8-9-10-11-13-16-14-12-15(2)3/h16H,2,4-14H2,1,3H3. The third-order valence-corrected chi connectivity index (χ3v) is 2.94. The molecular weight excluding hydrogens is 194 g/mol. The minimum atomic E-state index is 1.10. The number of hydrogen-bond donors (Lipinski definition) is 1. The molecule has 0 rings (SSSR count). The smallest absolute Gasteiger partial charge is 0.00118 e. The van der Waals surface area contributed by atoms with E-state index in [9.17, 15) is 0 Å². The van der Waals surface area contributed by atoms with Crippen LogP contribution in [0.15, 0.2) is 12.2 Å². The molecule has 0 saturated heterocycles. The van der Waals surface area contributed by atoms with E-state index in [4.69, 9.17) is 0 Å². The zero-order valence-electron chi connectivity index (χ0n) is 11.5. The molecule has 0 aromatic heterocycles. The van der Waals surface area contributed by atoms with Crippen molar-refractivity contribution in [1.29, 1.82) is 0 Å². The molecule has 0 fully saturated rings. The lowest BCUT2D eigenvalue weighted by atomic mass is 10.1. The van der Waals surface area contributed by atoms with Crippen LogP contribution in [0.4, 0.5) is 0 Å². The second kappa shape index (κ2) is 12.8. The van der Waals surface area contributed by atoms with Crippen molar-refractivity contribution in [2.75, 3.05) is 13.1 Å². The van der Waals surface area contributed by atoms with Crippen molar-refractivity contribution in [3.8, 4) is 0 Å². The van der Waals surface area contributed by atoms with Gasteiger partial charge in [-0.1, -0.05) is 57.4 Å². The highest BCUT2D eigenvalue weighted by Gasteiger charge is 1.92. The minimum Gasteiger partial charge on any atom is -0.316 e. The molecule has 0 bridgehead atoms. The van der Waals surface area contributed by atoms with Gasteiger partial charge in [0.05, 0.1) is 0 Å². The lowest BCUT2D eigenvalue weighted by molar-refractivity contribution is 0.555. The van der Waals surface area contributed by atoms with Crippen LogP contribution in [0.25, 0.3) is 0 Å². The van der Waals surface area contributed by atoms with Gasteiger partial charge in [0.25, 0.3) is 0 Å². The van der Waals surface area contributed by atoms with Crippen LogP contribution in [0.1, 0.15) is 71.6 Å². The molecule has 0 aliphatic rings. The molecule has 0 unspecified atom stereocenters. The molecule has 0 aromatic rings. The van der Waals surface area contributed by atoms with E-state index < -0.39 is 0 Å². The topological polar surface area (TPSA) is 12.0 Å². The lowest BCUT2D eigenvalue weighted by Crippen LogP contribution is -2.16. The Morgan fingerprint density at radius 2 is 1.44 bits per heavy atom. The van der Waals surface area contributed by atoms with Gasteiger partial charge in [-0.05, 0) is 32.9 Å². The molecule has 0 radical (unpaired) electrons. The zero-order valence-corrected chi connectivity index (χ0v) is 11.5. The molecule has 16 heavy (non-hydrogen) atoms. The summed E-state index contributed by atoms with van der Waals surface area (Å²) in [5, 5.41) is 3.47. The van der Waals surface area contributed by atoms with E-state index in [1.54, 1.807) is 0 Å². The Labute approximate surface area is 103 Å². The van der Waals surface area contributed by atoms with Crippen LogP contribution in [0.3, 0.4) is 0 Å². The molecule has 0 aliphatic carbocycles. The van der Waals surface area contributed by atoms with Crippen LogP contribution in [0, 0.1) is 0 Å². The van der Waals surface area contributed by atoms with Crippen LogP contribution < -0.4 is 5.32 Å². The van der Waals surface area contributed by atoms with E-state index in [2.05, 4.69) is 25.7 Å². The quantitative estimate of drug-likeness (QED) is 0.375. The van der Waals surface area contributed by atoms with Crippen molar-refractivity contribution < 1.29 is 0 Å². The maximum atomic E-state index is 3.90. The van der Waals surface area contributed by atoms with Gasteiger partial charge in [-0.2, -0.15) is 0 Å². The van der Waals surface area contributed by atoms with E-state index in [0.29, 0.717) is 0 Å². The summed E-state index contributed by atoms with van der Waals surface area (Å²) in [6.45, 7) is 10.6. The number of unbranched alkanes of at least 4 members (excludes halogenated alkanes) is 7. The first-order valence-electron chi connectivity index (χ1n) is 7.12. The van der Waals surface area contributed by atoms with E-state index in [-0.39, 0.29) is 0 Å². The molecular formula is C15H31N. The van der Waals surface area contributed by atoms with Crippen LogP contribution >= 0.6 is 0 Å². The first-order chi connectivity index (χ1) is 7.77. The van der Waals surface area contributed by atoms with Gasteiger partial charge in [0.15, 0.2) is 0 Å². The average molecular weight is 225 g/mol. The normalized spacial score (nSPS) is 10.6. The molecule has 0 saturated carbocycles. The van der Waals surface area contributed by atoms with E-state index in [1.165, 1.54) is 63.5 Å². The average Bonchev–Trinajstić information content (AvgIpc) is 2.25. The third-order valence-electron chi connectivity index (χ3n) is 2.94. The van der Waals surface area contributed by atoms with Crippen molar-refractivity contribution in [2.24, 2.45) is 0 Å². The molecule has 0 heterocycles. The lowest BCUT2D eigenvalue weighted by Gasteiger charge is -2.04. The summed E-state index contributed by atoms with van der Waals surface area (Å²) in [4.78, 5) is 0. The summed E-state index contributed by atoms with van der Waals surface area (Å²) >= 11 is 0. The second-order valence-electron chi connectivity index (χ2n) is 4.93. The first-order valence-corrected chi connectivity index (χ1v) is 7.12. The Kier molecular flexibility index (Phi) is 12.5. The van der Waals surface area contributed by atoms with E-state index in [1.807, 2.05) is 0 Å². The van der Waals surface area contributed by atoms with Gasteiger partial charge in [0, 0.05) is 0 Å². The van der Waals surface area contributed by atoms with Crippen LogP contribution in [0.5, 0.6) is 0 Å². The third kappa shape index (κ3) is 13.7. The minimum absolute atomic E-state index is 1.10. The molecule has 0 aromatic carbocycles. The van der Waals surface area contributed by atoms with Crippen LogP contribution in [-0.4, -0.2) is 13.1 Å². The van der Waals surface area contributed by atoms with Crippen LogP contribution in [-0.2, 0) is 0 Å². The van der Waals surface area contributed by atoms with Crippen molar-refractivity contribution in [3.05, 3.63) is 12.2 Å². The summed E-state index contributed by atoms with van der Waals surface area (Å²) in [6, 6.07) is 0. The maximum absolute atomic E-state index is 3.90. The highest BCUT2D eigenvalue weighted by molar-refractivity contribution is 4.87. The number of rotatable bonds is 12. The second-order valence-corrected chi connectivity index (χ2v) is 4.93. The molecule has 0 amide bonds. The van der Waals surface area contributed by atoms with Gasteiger partial charge < -0.3 is 5.32 Å². The SMILES string of the molecule is C=C(C)CCNCCCCCCCCCC. The first kappa shape index (κ1) is 15.7. The van der Waals surface area contributed by atoms with Crippen molar-refractivity contribution in [2.45, 2.75) is 71.6 Å². The highest BCUT2D eigenvalue weighted by Crippen LogP contribution is 2.07. The summed E-state index contributed by atoms with van der Waals surface area (Å²) in [5.41, 5.74) is 1.28. The van der Waals surface area contributed by atoms with Crippen LogP contribution in [0.2, 0.25) is 0 Å². The number of hydrogen-bond acceptors (Lipinski definition) is 1. The summed E-state index contributed by atoms with van der Waals surface area (Å²) in [7, 11) is 0. The molecule has 0 aliphatic heterocycles. The zero-order chi connectivity index (χ0) is 12.1. The van der Waals surface area contributed by atoms with Gasteiger partial charge >= 0.3 is 0 Å². The van der Waals surface area contributed by atoms with Gasteiger partial charge in [-0.15, -0.1) is 6.58 Å². The Balaban J connectivity index is 2.90. The molecule has 0 spiro atoms. The summed E-state index contributed by atoms with van der Waals surface area (Å²) in [6.07, 6.45) is 12.4. The van der Waals surface area contributed by atoms with E-state index >= 15 is 0 Å². The van der Waals surface area contributed by atoms with Gasteiger partial charge in [0.1, 0.15) is 0 Å². The van der Waals surface area contributed by atoms with E-state index in [0.717, 1.165) is 13.0 Å². The molecule has 1 N–H and O–H groups in total. The Bertz CT molecular complexity index is 152. The predicted octanol–water partition coefficient (Wildman–Crippen LogP) is 4.68. The fraction of sp³-hybridized carbons (Fsp3) is 0.867. The Morgan fingerprint density at radius 1 is 0.875 bits per heavy atom. The highest BCUT2D eigenvalue weighted by atomic mass is 14.8. The Morgan fingerprint density at radius 3 is 2.00 bits per heavy atom. The predicted molar refractivity (Wildman–Crippen MR) is 74.9 cm³/mol. The summed E-state index contributed by atoms with van der Waals surface area (Å²) < 4.78 is 0. The fourth-order valence-electron chi connectivity index (χ4n) is 1.81. The van der Waals surface area contributed by atoms with Gasteiger partial charge in [-0.25, -0.2) is 0 Å². The van der Waals surface area contributed by atoms with Crippen molar-refractivity contribution >= 4 is 0 Å². The molecule has 0 atom stereocenters. The fourth-order valence-corrected chi connectivity index (χ4v) is 1.81. The maximum Gasteiger partial charge on any atom is -0.00118 e. The van der Waals surface area contributed by atoms with Crippen molar-refractivity contribution in [1.82, 2.24) is 5.32 Å². The largest absolute Gasteiger partial charge is 0.316 e. The van der Waals surface area contributed by atoms with Gasteiger partial charge in [0.2, 0.25) is 0 Å².